The summed E-state index contributed by atoms with van der Waals surface area (Å²) in [6, 6.07) is 5.96. The van der Waals surface area contributed by atoms with Crippen LogP contribution >= 0.6 is 0 Å². The van der Waals surface area contributed by atoms with E-state index in [2.05, 4.69) is 0 Å². The predicted octanol–water partition coefficient (Wildman–Crippen LogP) is 1.14. The van der Waals surface area contributed by atoms with Gasteiger partial charge in [0.2, 0.25) is 11.8 Å². The average Bonchev–Trinajstić information content (AvgIpc) is 2.64. The highest BCUT2D eigenvalue weighted by atomic mass is 16.2. The Balaban J connectivity index is 2.32. The molecule has 4 heteroatoms. The van der Waals surface area contributed by atoms with Crippen LogP contribution in [0.3, 0.4) is 0 Å². The summed E-state index contributed by atoms with van der Waals surface area (Å²) < 4.78 is 0. The number of rotatable bonds is 2. The van der Waals surface area contributed by atoms with Gasteiger partial charge in [0.15, 0.2) is 0 Å². The van der Waals surface area contributed by atoms with Crippen molar-refractivity contribution in [1.82, 2.24) is 0 Å². The summed E-state index contributed by atoms with van der Waals surface area (Å²) in [5.41, 5.74) is 8.27. The second kappa shape index (κ2) is 4.20. The molecular formula is C13H16N2O2. The van der Waals surface area contributed by atoms with Crippen molar-refractivity contribution < 1.29 is 9.59 Å². The molecule has 0 aliphatic carbocycles. The Labute approximate surface area is 100 Å². The van der Waals surface area contributed by atoms with Crippen LogP contribution in [0.4, 0.5) is 5.69 Å². The Hall–Kier alpha value is -1.84. The lowest BCUT2D eigenvalue weighted by Crippen LogP contribution is -2.28. The van der Waals surface area contributed by atoms with Crippen molar-refractivity contribution in [3.63, 3.8) is 0 Å². The molecule has 1 aromatic carbocycles. The molecule has 0 unspecified atom stereocenters. The fourth-order valence-electron chi connectivity index (χ4n) is 2.14. The molecule has 1 atom stereocenters. The molecule has 17 heavy (non-hydrogen) atoms. The van der Waals surface area contributed by atoms with E-state index in [9.17, 15) is 9.59 Å². The van der Waals surface area contributed by atoms with Gasteiger partial charge in [-0.05, 0) is 31.0 Å². The van der Waals surface area contributed by atoms with Crippen molar-refractivity contribution in [2.24, 2.45) is 11.7 Å². The van der Waals surface area contributed by atoms with Crippen LogP contribution in [-0.2, 0) is 9.59 Å². The third-order valence-electron chi connectivity index (χ3n) is 3.18. The van der Waals surface area contributed by atoms with Gasteiger partial charge in [-0.25, -0.2) is 0 Å². The number of aryl methyl sites for hydroxylation is 2. The van der Waals surface area contributed by atoms with Crippen LogP contribution in [0.15, 0.2) is 18.2 Å². The number of benzene rings is 1. The maximum atomic E-state index is 11.9. The number of primary amides is 1. The van der Waals surface area contributed by atoms with Gasteiger partial charge < -0.3 is 10.6 Å². The molecule has 1 fully saturated rings. The molecule has 4 nitrogen and oxygen atoms in total. The molecule has 0 radical (unpaired) electrons. The van der Waals surface area contributed by atoms with Gasteiger partial charge in [-0.2, -0.15) is 0 Å². The third kappa shape index (κ3) is 2.16. The van der Waals surface area contributed by atoms with Gasteiger partial charge in [0.25, 0.3) is 0 Å². The van der Waals surface area contributed by atoms with Crippen LogP contribution in [0.5, 0.6) is 0 Å². The summed E-state index contributed by atoms with van der Waals surface area (Å²) in [5, 5.41) is 0. The number of hydrogen-bond donors (Lipinski definition) is 1. The zero-order chi connectivity index (χ0) is 12.6. The van der Waals surface area contributed by atoms with Crippen LogP contribution in [0.1, 0.15) is 17.5 Å². The highest BCUT2D eigenvalue weighted by molar-refractivity contribution is 6.00. The molecule has 1 heterocycles. The van der Waals surface area contributed by atoms with E-state index in [-0.39, 0.29) is 18.2 Å². The van der Waals surface area contributed by atoms with Crippen molar-refractivity contribution in [2.75, 3.05) is 11.4 Å². The van der Waals surface area contributed by atoms with Gasteiger partial charge in [-0.1, -0.05) is 12.1 Å². The Morgan fingerprint density at radius 2 is 2.12 bits per heavy atom. The first-order chi connectivity index (χ1) is 7.99. The van der Waals surface area contributed by atoms with E-state index in [4.69, 9.17) is 5.73 Å². The molecule has 90 valence electrons. The molecule has 1 aromatic rings. The number of hydrogen-bond acceptors (Lipinski definition) is 2. The minimum absolute atomic E-state index is 0.0255. The second-order valence-corrected chi connectivity index (χ2v) is 4.60. The van der Waals surface area contributed by atoms with E-state index in [0.29, 0.717) is 6.54 Å². The number of nitrogens with zero attached hydrogens (tertiary/aromatic N) is 1. The molecule has 0 aromatic heterocycles. The van der Waals surface area contributed by atoms with Gasteiger partial charge in [0.05, 0.1) is 5.92 Å². The van der Waals surface area contributed by atoms with Gasteiger partial charge in [-0.3, -0.25) is 9.59 Å². The van der Waals surface area contributed by atoms with Crippen LogP contribution in [-0.4, -0.2) is 18.4 Å². The lowest BCUT2D eigenvalue weighted by atomic mass is 10.1. The standard InChI is InChI=1S/C13H16N2O2/c1-8-3-4-9(2)11(5-8)15-7-10(13(14)17)6-12(15)16/h3-5,10H,6-7H2,1-2H3,(H2,14,17)/t10-/m0/s1. The normalized spacial score (nSPS) is 19.8. The quantitative estimate of drug-likeness (QED) is 0.831. The zero-order valence-electron chi connectivity index (χ0n) is 10.1. The fourth-order valence-corrected chi connectivity index (χ4v) is 2.14. The van der Waals surface area contributed by atoms with E-state index in [1.165, 1.54) is 0 Å². The summed E-state index contributed by atoms with van der Waals surface area (Å²) in [6.07, 6.45) is 0.225. The monoisotopic (exact) mass is 232 g/mol. The number of nitrogens with two attached hydrogens (primary N) is 1. The maximum absolute atomic E-state index is 11.9. The fraction of sp³-hybridized carbons (Fsp3) is 0.385. The Bertz CT molecular complexity index is 482. The molecular weight excluding hydrogens is 216 g/mol. The number of anilines is 1. The molecule has 2 N–H and O–H groups in total. The minimum Gasteiger partial charge on any atom is -0.369 e. The van der Waals surface area contributed by atoms with Gasteiger partial charge in [0, 0.05) is 18.7 Å². The predicted molar refractivity (Wildman–Crippen MR) is 65.6 cm³/mol. The lowest BCUT2D eigenvalue weighted by molar-refractivity contribution is -0.123. The first-order valence-electron chi connectivity index (χ1n) is 5.66. The third-order valence-corrected chi connectivity index (χ3v) is 3.18. The molecule has 2 rings (SSSR count). The van der Waals surface area contributed by atoms with E-state index in [1.807, 2.05) is 32.0 Å². The van der Waals surface area contributed by atoms with E-state index in [0.717, 1.165) is 16.8 Å². The Morgan fingerprint density at radius 1 is 1.41 bits per heavy atom. The molecule has 0 saturated carbocycles. The molecule has 2 amide bonds. The van der Waals surface area contributed by atoms with Crippen LogP contribution in [0, 0.1) is 19.8 Å². The van der Waals surface area contributed by atoms with Crippen LogP contribution in [0.25, 0.3) is 0 Å². The minimum atomic E-state index is -0.397. The van der Waals surface area contributed by atoms with Crippen molar-refractivity contribution in [3.05, 3.63) is 29.3 Å². The lowest BCUT2D eigenvalue weighted by Gasteiger charge is -2.19. The number of carbonyl (C=O) groups is 2. The number of amides is 2. The molecule has 1 aliphatic heterocycles. The molecule has 1 saturated heterocycles. The summed E-state index contributed by atoms with van der Waals surface area (Å²) in [7, 11) is 0. The topological polar surface area (TPSA) is 63.4 Å². The highest BCUT2D eigenvalue weighted by Crippen LogP contribution is 2.28. The van der Waals surface area contributed by atoms with Crippen LogP contribution < -0.4 is 10.6 Å². The second-order valence-electron chi connectivity index (χ2n) is 4.60. The van der Waals surface area contributed by atoms with E-state index in [1.54, 1.807) is 4.90 Å². The highest BCUT2D eigenvalue weighted by Gasteiger charge is 2.34. The zero-order valence-corrected chi connectivity index (χ0v) is 10.1. The Morgan fingerprint density at radius 3 is 2.71 bits per heavy atom. The van der Waals surface area contributed by atoms with Gasteiger partial charge >= 0.3 is 0 Å². The molecule has 1 aliphatic rings. The van der Waals surface area contributed by atoms with Gasteiger partial charge in [0.1, 0.15) is 0 Å². The average molecular weight is 232 g/mol. The summed E-state index contributed by atoms with van der Waals surface area (Å²) in [6.45, 7) is 4.34. The summed E-state index contributed by atoms with van der Waals surface area (Å²) in [5.74, 6) is -0.781. The summed E-state index contributed by atoms with van der Waals surface area (Å²) in [4.78, 5) is 24.7. The smallest absolute Gasteiger partial charge is 0.227 e. The number of carbonyl (C=O) groups excluding carboxylic acids is 2. The SMILES string of the molecule is Cc1ccc(C)c(N2C[C@@H](C(N)=O)CC2=O)c1. The van der Waals surface area contributed by atoms with Crippen molar-refractivity contribution >= 4 is 17.5 Å². The molecule has 0 bridgehead atoms. The maximum Gasteiger partial charge on any atom is 0.227 e. The van der Waals surface area contributed by atoms with Crippen LogP contribution in [0.2, 0.25) is 0 Å². The first-order valence-corrected chi connectivity index (χ1v) is 5.66. The van der Waals surface area contributed by atoms with Crippen molar-refractivity contribution in [1.29, 1.82) is 0 Å². The van der Waals surface area contributed by atoms with Gasteiger partial charge in [-0.15, -0.1) is 0 Å². The van der Waals surface area contributed by atoms with Crippen molar-refractivity contribution in [3.8, 4) is 0 Å². The van der Waals surface area contributed by atoms with E-state index < -0.39 is 5.91 Å². The Kier molecular flexibility index (Phi) is 2.88. The van der Waals surface area contributed by atoms with Crippen molar-refractivity contribution in [2.45, 2.75) is 20.3 Å². The largest absolute Gasteiger partial charge is 0.369 e. The first kappa shape index (κ1) is 11.6. The summed E-state index contributed by atoms with van der Waals surface area (Å²) >= 11 is 0. The molecule has 0 spiro atoms. The van der Waals surface area contributed by atoms with E-state index >= 15 is 0 Å².